The molecule has 4 atom stereocenters. The summed E-state index contributed by atoms with van der Waals surface area (Å²) in [7, 11) is 4.19. The summed E-state index contributed by atoms with van der Waals surface area (Å²) in [5.74, 6) is -4.32. The molecule has 0 spiro atoms. The summed E-state index contributed by atoms with van der Waals surface area (Å²) in [5.41, 5.74) is 1.34. The molecule has 0 aromatic carbocycles. The van der Waals surface area contributed by atoms with Crippen molar-refractivity contribution in [1.82, 2.24) is 14.9 Å². The first-order valence-corrected chi connectivity index (χ1v) is 8.72. The molecule has 0 amide bonds. The van der Waals surface area contributed by atoms with Gasteiger partial charge in [0.1, 0.15) is 11.8 Å². The quantitative estimate of drug-likeness (QED) is 0.576. The standard InChI is InChI=1S/C20H21N3O5/c1-23-16(12-6-4-8-21-10-12)14(19(25)27-2)18(24)15(20(26)28-3)17(23)13-7-5-9-22-11-13/h4-11,14-17H,1-3H3. The van der Waals surface area contributed by atoms with Gasteiger partial charge in [-0.25, -0.2) is 0 Å². The Kier molecular flexibility index (Phi) is 5.79. The number of ketones is 1. The van der Waals surface area contributed by atoms with Gasteiger partial charge in [0, 0.05) is 24.8 Å². The zero-order valence-corrected chi connectivity index (χ0v) is 15.8. The topological polar surface area (TPSA) is 98.7 Å². The molecule has 2 aromatic rings. The highest BCUT2D eigenvalue weighted by atomic mass is 16.5. The van der Waals surface area contributed by atoms with E-state index in [-0.39, 0.29) is 0 Å². The first kappa shape index (κ1) is 19.6. The number of likely N-dealkylation sites (tertiary alicyclic amines) is 1. The largest absolute Gasteiger partial charge is 0.468 e. The van der Waals surface area contributed by atoms with E-state index in [1.54, 1.807) is 56.1 Å². The number of rotatable bonds is 4. The van der Waals surface area contributed by atoms with E-state index in [9.17, 15) is 14.4 Å². The minimum Gasteiger partial charge on any atom is -0.468 e. The van der Waals surface area contributed by atoms with Crippen molar-refractivity contribution in [2.75, 3.05) is 21.3 Å². The van der Waals surface area contributed by atoms with E-state index in [2.05, 4.69) is 9.97 Å². The van der Waals surface area contributed by atoms with Crippen LogP contribution < -0.4 is 0 Å². The normalized spacial score (nSPS) is 25.2. The number of pyridine rings is 2. The summed E-state index contributed by atoms with van der Waals surface area (Å²) in [6.45, 7) is 0. The monoisotopic (exact) mass is 383 g/mol. The highest BCUT2D eigenvalue weighted by Gasteiger charge is 2.54. The van der Waals surface area contributed by atoms with Crippen LogP contribution in [0.15, 0.2) is 49.1 Å². The van der Waals surface area contributed by atoms with Crippen LogP contribution in [-0.2, 0) is 23.9 Å². The Morgan fingerprint density at radius 1 is 0.893 bits per heavy atom. The molecule has 4 unspecified atom stereocenters. The lowest BCUT2D eigenvalue weighted by Crippen LogP contribution is -2.54. The van der Waals surface area contributed by atoms with Crippen LogP contribution in [0.3, 0.4) is 0 Å². The minimum absolute atomic E-state index is 0.542. The van der Waals surface area contributed by atoms with E-state index in [1.165, 1.54) is 14.2 Å². The van der Waals surface area contributed by atoms with Crippen LogP contribution in [0, 0.1) is 11.8 Å². The van der Waals surface area contributed by atoms with Gasteiger partial charge in [-0.15, -0.1) is 0 Å². The lowest BCUT2D eigenvalue weighted by molar-refractivity contribution is -0.167. The Morgan fingerprint density at radius 2 is 1.32 bits per heavy atom. The Balaban J connectivity index is 2.18. The second-order valence-electron chi connectivity index (χ2n) is 6.53. The molecule has 8 nitrogen and oxygen atoms in total. The lowest BCUT2D eigenvalue weighted by atomic mass is 9.73. The molecule has 8 heteroatoms. The molecule has 146 valence electrons. The highest BCUT2D eigenvalue weighted by molar-refractivity contribution is 6.10. The molecule has 0 N–H and O–H groups in total. The Bertz CT molecular complexity index is 789. The number of nitrogens with zero attached hydrogens (tertiary/aromatic N) is 3. The summed E-state index contributed by atoms with van der Waals surface area (Å²) >= 11 is 0. The molecule has 1 fully saturated rings. The van der Waals surface area contributed by atoms with Crippen LogP contribution in [0.4, 0.5) is 0 Å². The van der Waals surface area contributed by atoms with Crippen molar-refractivity contribution in [2.24, 2.45) is 11.8 Å². The van der Waals surface area contributed by atoms with Gasteiger partial charge in [0.05, 0.1) is 26.3 Å². The molecule has 0 radical (unpaired) electrons. The van der Waals surface area contributed by atoms with Gasteiger partial charge in [-0.05, 0) is 30.3 Å². The number of carbonyl (C=O) groups excluding carboxylic acids is 3. The summed E-state index contributed by atoms with van der Waals surface area (Å²) in [6.07, 6.45) is 6.42. The van der Waals surface area contributed by atoms with E-state index in [4.69, 9.17) is 9.47 Å². The first-order chi connectivity index (χ1) is 13.5. The van der Waals surface area contributed by atoms with Crippen molar-refractivity contribution in [1.29, 1.82) is 0 Å². The number of carbonyl (C=O) groups is 3. The molecule has 28 heavy (non-hydrogen) atoms. The lowest BCUT2D eigenvalue weighted by Gasteiger charge is -2.45. The summed E-state index contributed by atoms with van der Waals surface area (Å²) in [4.78, 5) is 48.5. The van der Waals surface area contributed by atoms with Crippen molar-refractivity contribution < 1.29 is 23.9 Å². The number of aromatic nitrogens is 2. The number of ether oxygens (including phenoxy) is 2. The number of hydrogen-bond donors (Lipinski definition) is 0. The van der Waals surface area contributed by atoms with Crippen molar-refractivity contribution in [3.63, 3.8) is 0 Å². The fourth-order valence-electron chi connectivity index (χ4n) is 3.85. The van der Waals surface area contributed by atoms with E-state index < -0.39 is 41.6 Å². The van der Waals surface area contributed by atoms with Gasteiger partial charge in [0.15, 0.2) is 5.78 Å². The van der Waals surface area contributed by atoms with Gasteiger partial charge < -0.3 is 9.47 Å². The number of methoxy groups -OCH3 is 2. The molecule has 2 aromatic heterocycles. The number of piperidine rings is 1. The third-order valence-electron chi connectivity index (χ3n) is 5.08. The fraction of sp³-hybridized carbons (Fsp3) is 0.350. The Morgan fingerprint density at radius 3 is 1.64 bits per heavy atom. The second kappa shape index (κ2) is 8.26. The predicted octanol–water partition coefficient (Wildman–Crippen LogP) is 1.35. The molecule has 0 aliphatic carbocycles. The zero-order chi connectivity index (χ0) is 20.3. The van der Waals surface area contributed by atoms with Crippen LogP contribution in [0.5, 0.6) is 0 Å². The third-order valence-corrected chi connectivity index (χ3v) is 5.08. The van der Waals surface area contributed by atoms with Gasteiger partial charge in [-0.3, -0.25) is 29.3 Å². The second-order valence-corrected chi connectivity index (χ2v) is 6.53. The van der Waals surface area contributed by atoms with Gasteiger partial charge >= 0.3 is 11.9 Å². The van der Waals surface area contributed by atoms with Crippen LogP contribution in [0.2, 0.25) is 0 Å². The van der Waals surface area contributed by atoms with Crippen LogP contribution in [0.1, 0.15) is 23.2 Å². The molecule has 1 aliphatic rings. The van der Waals surface area contributed by atoms with Crippen molar-refractivity contribution in [3.05, 3.63) is 60.2 Å². The van der Waals surface area contributed by atoms with Crippen molar-refractivity contribution >= 4 is 17.7 Å². The highest BCUT2D eigenvalue weighted by Crippen LogP contribution is 2.45. The maximum Gasteiger partial charge on any atom is 0.318 e. The van der Waals surface area contributed by atoms with Gasteiger partial charge in [0.25, 0.3) is 0 Å². The maximum absolute atomic E-state index is 13.4. The van der Waals surface area contributed by atoms with Crippen molar-refractivity contribution in [3.8, 4) is 0 Å². The first-order valence-electron chi connectivity index (χ1n) is 8.72. The van der Waals surface area contributed by atoms with E-state index in [1.807, 2.05) is 4.90 Å². The molecule has 0 saturated carbocycles. The number of hydrogen-bond acceptors (Lipinski definition) is 8. The van der Waals surface area contributed by atoms with E-state index in [0.717, 1.165) is 0 Å². The SMILES string of the molecule is COC(=O)C1C(=O)C(C(=O)OC)C(c2cccnc2)N(C)C1c1cccnc1. The number of Topliss-reactive ketones (excluding diaryl/α,β-unsaturated/α-hetero) is 1. The molecule has 1 aliphatic heterocycles. The maximum atomic E-state index is 13.4. The van der Waals surface area contributed by atoms with E-state index >= 15 is 0 Å². The summed E-state index contributed by atoms with van der Waals surface area (Å²) in [6, 6.07) is 5.73. The average Bonchev–Trinajstić information content (AvgIpc) is 2.74. The molecular weight excluding hydrogens is 362 g/mol. The van der Waals surface area contributed by atoms with E-state index in [0.29, 0.717) is 11.1 Å². The third kappa shape index (κ3) is 3.38. The molecule has 1 saturated heterocycles. The van der Waals surface area contributed by atoms with Crippen LogP contribution in [0.25, 0.3) is 0 Å². The van der Waals surface area contributed by atoms with Gasteiger partial charge in [-0.1, -0.05) is 12.1 Å². The summed E-state index contributed by atoms with van der Waals surface area (Å²) in [5, 5.41) is 0. The van der Waals surface area contributed by atoms with Crippen molar-refractivity contribution in [2.45, 2.75) is 12.1 Å². The molecule has 3 heterocycles. The van der Waals surface area contributed by atoms with Gasteiger partial charge in [0.2, 0.25) is 0 Å². The summed E-state index contributed by atoms with van der Waals surface area (Å²) < 4.78 is 9.78. The van der Waals surface area contributed by atoms with Gasteiger partial charge in [-0.2, -0.15) is 0 Å². The smallest absolute Gasteiger partial charge is 0.318 e. The fourth-order valence-corrected chi connectivity index (χ4v) is 3.85. The number of esters is 2. The zero-order valence-electron chi connectivity index (χ0n) is 15.8. The van der Waals surface area contributed by atoms with Crippen LogP contribution >= 0.6 is 0 Å². The Hall–Kier alpha value is -3.13. The predicted molar refractivity (Wildman–Crippen MR) is 97.7 cm³/mol. The molecule has 0 bridgehead atoms. The molecule has 3 rings (SSSR count). The minimum atomic E-state index is -1.18. The Labute approximate surface area is 162 Å². The molecular formula is C20H21N3O5. The van der Waals surface area contributed by atoms with Crippen LogP contribution in [-0.4, -0.2) is 53.9 Å². The average molecular weight is 383 g/mol.